The molecule has 0 unspecified atom stereocenters. The van der Waals surface area contributed by atoms with Gasteiger partial charge in [0.25, 0.3) is 0 Å². The summed E-state index contributed by atoms with van der Waals surface area (Å²) < 4.78 is 13.3. The maximum atomic E-state index is 11.2. The summed E-state index contributed by atoms with van der Waals surface area (Å²) in [5.74, 6) is -9.26. The topological polar surface area (TPSA) is 154 Å². The van der Waals surface area contributed by atoms with Gasteiger partial charge in [0, 0.05) is 6.92 Å². The second-order valence-electron chi connectivity index (χ2n) is 3.55. The number of hydrogen-bond acceptors (Lipinski definition) is 8. The predicted octanol–water partition coefficient (Wildman–Crippen LogP) is -0.741. The third-order valence-corrected chi connectivity index (χ3v) is 1.52. The van der Waals surface area contributed by atoms with Crippen molar-refractivity contribution < 1.29 is 48.4 Å². The lowest BCUT2D eigenvalue weighted by atomic mass is 10.4. The van der Waals surface area contributed by atoms with Crippen molar-refractivity contribution in [1.29, 1.82) is 0 Å². The molecule has 0 fully saturated rings. The zero-order valence-electron chi connectivity index (χ0n) is 10.6. The van der Waals surface area contributed by atoms with Crippen molar-refractivity contribution in [3.05, 3.63) is 0 Å². The fraction of sp³-hybridized carbons (Fsp3) is 0.500. The van der Waals surface area contributed by atoms with Crippen molar-refractivity contribution in [2.24, 2.45) is 0 Å². The summed E-state index contributed by atoms with van der Waals surface area (Å²) in [5.41, 5.74) is 0. The summed E-state index contributed by atoms with van der Waals surface area (Å²) in [5, 5.41) is 16.7. The van der Waals surface area contributed by atoms with Crippen LogP contribution in [0, 0.1) is 0 Å². The number of carboxylic acid groups (broad SMARTS) is 2. The van der Waals surface area contributed by atoms with Crippen LogP contribution in [0.4, 0.5) is 0 Å². The minimum absolute atomic E-state index is 0.841. The van der Waals surface area contributed by atoms with E-state index in [0.717, 1.165) is 13.8 Å². The molecule has 0 saturated carbocycles. The first-order valence-electron chi connectivity index (χ1n) is 5.11. The Bertz CT molecular complexity index is 407. The van der Waals surface area contributed by atoms with Gasteiger partial charge in [0.2, 0.25) is 0 Å². The molecule has 0 bridgehead atoms. The number of ether oxygens (including phenoxy) is 3. The molecule has 0 amide bonds. The molecule has 10 heteroatoms. The third-order valence-electron chi connectivity index (χ3n) is 1.52. The average molecular weight is 292 g/mol. The van der Waals surface area contributed by atoms with E-state index in [1.807, 2.05) is 0 Å². The predicted molar refractivity (Wildman–Crippen MR) is 56.9 cm³/mol. The maximum Gasteiger partial charge on any atom is 0.420 e. The van der Waals surface area contributed by atoms with Gasteiger partial charge in [0.05, 0.1) is 6.92 Å². The van der Waals surface area contributed by atoms with Crippen LogP contribution in [0.5, 0.6) is 0 Å². The number of rotatable bonds is 7. The number of aliphatic carboxylic acids is 2. The molecule has 10 nitrogen and oxygen atoms in total. The normalized spacial score (nSPS) is 10.3. The van der Waals surface area contributed by atoms with Crippen molar-refractivity contribution in [3.63, 3.8) is 0 Å². The molecule has 0 spiro atoms. The molecule has 0 atom stereocenters. The van der Waals surface area contributed by atoms with E-state index in [2.05, 4.69) is 14.2 Å². The second kappa shape index (κ2) is 7.07. The zero-order chi connectivity index (χ0) is 15.9. The Labute approximate surface area is 112 Å². The Morgan fingerprint density at radius 2 is 1.20 bits per heavy atom. The average Bonchev–Trinajstić information content (AvgIpc) is 2.09. The molecule has 112 valence electrons. The SMILES string of the molecule is CC(=O)OC(C)(OC(=O)CC(=O)O)OC(=O)CC(=O)O. The summed E-state index contributed by atoms with van der Waals surface area (Å²) >= 11 is 0. The molecule has 2 N–H and O–H groups in total. The van der Waals surface area contributed by atoms with Gasteiger partial charge in [-0.05, 0) is 0 Å². The number of carboxylic acids is 2. The quantitative estimate of drug-likeness (QED) is 0.348. The summed E-state index contributed by atoms with van der Waals surface area (Å²) in [7, 11) is 0. The smallest absolute Gasteiger partial charge is 0.420 e. The molecule has 0 saturated heterocycles. The Hall–Kier alpha value is -2.65. The van der Waals surface area contributed by atoms with Gasteiger partial charge in [0.15, 0.2) is 0 Å². The fourth-order valence-corrected chi connectivity index (χ4v) is 1.06. The Morgan fingerprint density at radius 3 is 1.45 bits per heavy atom. The minimum Gasteiger partial charge on any atom is -0.481 e. The molecule has 0 aromatic rings. The maximum absolute atomic E-state index is 11.2. The van der Waals surface area contributed by atoms with Crippen molar-refractivity contribution in [2.75, 3.05) is 0 Å². The molecule has 0 rings (SSSR count). The molecule has 0 radical (unpaired) electrons. The van der Waals surface area contributed by atoms with Gasteiger partial charge in [-0.25, -0.2) is 0 Å². The number of esters is 3. The van der Waals surface area contributed by atoms with E-state index < -0.39 is 48.7 Å². The molecule has 0 heterocycles. The Balaban J connectivity index is 4.86. The summed E-state index contributed by atoms with van der Waals surface area (Å²) in [6.45, 7) is 1.75. The van der Waals surface area contributed by atoms with Crippen molar-refractivity contribution in [2.45, 2.75) is 32.7 Å². The number of carbonyl (C=O) groups is 5. The van der Waals surface area contributed by atoms with Crippen LogP contribution in [0.3, 0.4) is 0 Å². The largest absolute Gasteiger partial charge is 0.481 e. The van der Waals surface area contributed by atoms with Gasteiger partial charge in [0.1, 0.15) is 12.8 Å². The molecule has 20 heavy (non-hydrogen) atoms. The van der Waals surface area contributed by atoms with Gasteiger partial charge in [-0.3, -0.25) is 24.0 Å². The van der Waals surface area contributed by atoms with Crippen molar-refractivity contribution in [3.8, 4) is 0 Å². The van der Waals surface area contributed by atoms with Crippen LogP contribution in [0.25, 0.3) is 0 Å². The van der Waals surface area contributed by atoms with E-state index in [9.17, 15) is 24.0 Å². The third kappa shape index (κ3) is 7.63. The summed E-state index contributed by atoms with van der Waals surface area (Å²) in [6, 6.07) is 0. The first-order valence-corrected chi connectivity index (χ1v) is 5.11. The van der Waals surface area contributed by atoms with E-state index >= 15 is 0 Å². The van der Waals surface area contributed by atoms with E-state index in [1.54, 1.807) is 0 Å². The van der Waals surface area contributed by atoms with Gasteiger partial charge >= 0.3 is 35.8 Å². The van der Waals surface area contributed by atoms with Crippen molar-refractivity contribution >= 4 is 29.8 Å². The molecular weight excluding hydrogens is 280 g/mol. The van der Waals surface area contributed by atoms with Gasteiger partial charge in [-0.2, -0.15) is 0 Å². The van der Waals surface area contributed by atoms with E-state index in [0.29, 0.717) is 0 Å². The van der Waals surface area contributed by atoms with Crippen molar-refractivity contribution in [1.82, 2.24) is 0 Å². The highest BCUT2D eigenvalue weighted by molar-refractivity contribution is 5.91. The minimum atomic E-state index is -2.54. The van der Waals surface area contributed by atoms with Crippen LogP contribution in [0.15, 0.2) is 0 Å². The van der Waals surface area contributed by atoms with E-state index in [4.69, 9.17) is 10.2 Å². The highest BCUT2D eigenvalue weighted by atomic mass is 16.9. The number of hydrogen-bond donors (Lipinski definition) is 2. The Morgan fingerprint density at radius 1 is 0.850 bits per heavy atom. The summed E-state index contributed by atoms with van der Waals surface area (Å²) in [4.78, 5) is 53.7. The monoisotopic (exact) mass is 292 g/mol. The molecule has 0 aromatic carbocycles. The molecule has 0 aliphatic heterocycles. The van der Waals surface area contributed by atoms with Crippen LogP contribution < -0.4 is 0 Å². The first kappa shape index (κ1) is 17.4. The second-order valence-corrected chi connectivity index (χ2v) is 3.55. The summed E-state index contributed by atoms with van der Waals surface area (Å²) in [6.07, 6.45) is -2.12. The van der Waals surface area contributed by atoms with Crippen LogP contribution in [0.2, 0.25) is 0 Å². The van der Waals surface area contributed by atoms with Crippen LogP contribution in [-0.4, -0.2) is 46.0 Å². The van der Waals surface area contributed by atoms with E-state index in [-0.39, 0.29) is 0 Å². The lowest BCUT2D eigenvalue weighted by Crippen LogP contribution is -2.42. The first-order chi connectivity index (χ1) is 9.04. The van der Waals surface area contributed by atoms with Gasteiger partial charge in [-0.15, -0.1) is 0 Å². The highest BCUT2D eigenvalue weighted by Gasteiger charge is 2.38. The van der Waals surface area contributed by atoms with Crippen LogP contribution >= 0.6 is 0 Å². The standard InChI is InChI=1S/C10H12O10/c1-5(11)18-10(2,19-8(16)3-6(12)13)20-9(17)4-7(14)15/h3-4H2,1-2H3,(H,12,13)(H,14,15). The van der Waals surface area contributed by atoms with Crippen LogP contribution in [-0.2, 0) is 38.2 Å². The van der Waals surface area contributed by atoms with Gasteiger partial charge < -0.3 is 24.4 Å². The van der Waals surface area contributed by atoms with E-state index in [1.165, 1.54) is 0 Å². The number of carbonyl (C=O) groups excluding carboxylic acids is 3. The Kier molecular flexibility index (Phi) is 6.13. The lowest BCUT2D eigenvalue weighted by molar-refractivity contribution is -0.319. The van der Waals surface area contributed by atoms with Crippen LogP contribution in [0.1, 0.15) is 26.7 Å². The van der Waals surface area contributed by atoms with Gasteiger partial charge in [-0.1, -0.05) is 0 Å². The molecule has 0 aromatic heterocycles. The highest BCUT2D eigenvalue weighted by Crippen LogP contribution is 2.17. The zero-order valence-corrected chi connectivity index (χ0v) is 10.6. The molecule has 0 aliphatic rings. The molecular formula is C10H12O10. The lowest BCUT2D eigenvalue weighted by Gasteiger charge is -2.26. The fourth-order valence-electron chi connectivity index (χ4n) is 1.06. The molecule has 0 aliphatic carbocycles.